The Kier molecular flexibility index (Phi) is 10.9. The van der Waals surface area contributed by atoms with E-state index in [1.54, 1.807) is 0 Å². The summed E-state index contributed by atoms with van der Waals surface area (Å²) in [6.07, 6.45) is 6.98. The molecule has 1 aliphatic heterocycles. The van der Waals surface area contributed by atoms with Crippen LogP contribution >= 0.6 is 12.4 Å². The molecule has 0 radical (unpaired) electrons. The van der Waals surface area contributed by atoms with Gasteiger partial charge in [0.25, 0.3) is 0 Å². The summed E-state index contributed by atoms with van der Waals surface area (Å²) in [5, 5.41) is 11.0. The first-order chi connectivity index (χ1) is 7.06. The predicted molar refractivity (Wildman–Crippen MR) is 65.7 cm³/mol. The minimum Gasteiger partial charge on any atom is -0.481 e. The van der Waals surface area contributed by atoms with Gasteiger partial charge in [-0.1, -0.05) is 18.6 Å². The van der Waals surface area contributed by atoms with Gasteiger partial charge in [0.15, 0.2) is 0 Å². The Labute approximate surface area is 102 Å². The molecule has 0 unspecified atom stereocenters. The van der Waals surface area contributed by atoms with Crippen LogP contribution in [0.5, 0.6) is 0 Å². The third kappa shape index (κ3) is 10.8. The Hall–Kier alpha value is -1.29. The standard InChI is InChI=1S/C7H11N.C4H6O3.ClH/c1-2-7-4-3-5-8-6-7;1-3(5)2-4(6)7;/h3-5,8H,2,6H2,1H3;2H2,1H3,(H,6,7);1H. The summed E-state index contributed by atoms with van der Waals surface area (Å²) in [7, 11) is 0. The molecular formula is C11H18ClNO3. The first-order valence-corrected chi connectivity index (χ1v) is 4.85. The molecule has 0 spiro atoms. The molecule has 0 aliphatic carbocycles. The van der Waals surface area contributed by atoms with E-state index in [1.165, 1.54) is 12.5 Å². The number of aliphatic carboxylic acids is 1. The first-order valence-electron chi connectivity index (χ1n) is 4.85. The lowest BCUT2D eigenvalue weighted by Gasteiger charge is -2.06. The van der Waals surface area contributed by atoms with Crippen LogP contribution in [0.3, 0.4) is 0 Å². The third-order valence-corrected chi connectivity index (χ3v) is 1.73. The molecule has 1 heterocycles. The zero-order valence-electron chi connectivity index (χ0n) is 9.53. The fourth-order valence-electron chi connectivity index (χ4n) is 0.957. The van der Waals surface area contributed by atoms with Crippen molar-refractivity contribution in [1.82, 2.24) is 5.32 Å². The quantitative estimate of drug-likeness (QED) is 0.748. The highest BCUT2D eigenvalue weighted by Gasteiger charge is 1.98. The van der Waals surface area contributed by atoms with Crippen LogP contribution in [0.15, 0.2) is 23.9 Å². The van der Waals surface area contributed by atoms with E-state index in [0.717, 1.165) is 13.0 Å². The number of rotatable bonds is 3. The van der Waals surface area contributed by atoms with Crippen molar-refractivity contribution in [3.8, 4) is 0 Å². The second kappa shape index (κ2) is 10.2. The summed E-state index contributed by atoms with van der Waals surface area (Å²) in [5.41, 5.74) is 1.48. The molecule has 16 heavy (non-hydrogen) atoms. The van der Waals surface area contributed by atoms with Gasteiger partial charge in [-0.15, -0.1) is 12.4 Å². The third-order valence-electron chi connectivity index (χ3n) is 1.73. The number of carboxylic acid groups (broad SMARTS) is 1. The topological polar surface area (TPSA) is 66.4 Å². The Bertz CT molecular complexity index is 273. The number of allylic oxidation sites excluding steroid dienone is 2. The first kappa shape index (κ1) is 17.1. The van der Waals surface area contributed by atoms with Gasteiger partial charge in [-0.25, -0.2) is 0 Å². The van der Waals surface area contributed by atoms with Gasteiger partial charge in [0, 0.05) is 6.54 Å². The zero-order valence-corrected chi connectivity index (χ0v) is 10.3. The summed E-state index contributed by atoms with van der Waals surface area (Å²) < 4.78 is 0. The van der Waals surface area contributed by atoms with Crippen molar-refractivity contribution in [2.75, 3.05) is 6.54 Å². The maximum Gasteiger partial charge on any atom is 0.310 e. The molecule has 0 bridgehead atoms. The minimum absolute atomic E-state index is 0. The molecule has 0 atom stereocenters. The van der Waals surface area contributed by atoms with Gasteiger partial charge in [-0.05, 0) is 25.6 Å². The van der Waals surface area contributed by atoms with E-state index in [4.69, 9.17) is 5.11 Å². The highest BCUT2D eigenvalue weighted by atomic mass is 35.5. The normalized spacial score (nSPS) is 12.2. The monoisotopic (exact) mass is 247 g/mol. The van der Waals surface area contributed by atoms with Gasteiger partial charge in [-0.3, -0.25) is 9.59 Å². The minimum atomic E-state index is -1.06. The smallest absolute Gasteiger partial charge is 0.310 e. The number of carbonyl (C=O) groups is 2. The van der Waals surface area contributed by atoms with Crippen LogP contribution in [0, 0.1) is 0 Å². The van der Waals surface area contributed by atoms with E-state index < -0.39 is 5.97 Å². The van der Waals surface area contributed by atoms with Gasteiger partial charge >= 0.3 is 5.97 Å². The molecule has 0 saturated carbocycles. The van der Waals surface area contributed by atoms with Crippen LogP contribution in [0.2, 0.25) is 0 Å². The molecule has 0 aromatic carbocycles. The SMILES string of the molecule is CC(=O)CC(=O)O.CCC1=CC=CNC1.Cl. The fourth-order valence-corrected chi connectivity index (χ4v) is 0.957. The lowest BCUT2D eigenvalue weighted by atomic mass is 10.1. The number of carbonyl (C=O) groups excluding carboxylic acids is 1. The van der Waals surface area contributed by atoms with Gasteiger partial charge in [0.05, 0.1) is 0 Å². The van der Waals surface area contributed by atoms with E-state index in [1.807, 2.05) is 12.3 Å². The Balaban J connectivity index is 0. The average molecular weight is 248 g/mol. The molecule has 1 rings (SSSR count). The maximum absolute atomic E-state index is 9.87. The Morgan fingerprint density at radius 3 is 2.31 bits per heavy atom. The number of halogens is 1. The van der Waals surface area contributed by atoms with Crippen LogP contribution in [0.1, 0.15) is 26.7 Å². The summed E-state index contributed by atoms with van der Waals surface area (Å²) in [5.74, 6) is -1.37. The molecule has 0 saturated heterocycles. The molecule has 0 aromatic heterocycles. The van der Waals surface area contributed by atoms with E-state index in [9.17, 15) is 9.59 Å². The van der Waals surface area contributed by atoms with Gasteiger partial charge in [0.1, 0.15) is 12.2 Å². The second-order valence-corrected chi connectivity index (χ2v) is 3.19. The molecule has 5 heteroatoms. The largest absolute Gasteiger partial charge is 0.481 e. The summed E-state index contributed by atoms with van der Waals surface area (Å²) in [6, 6.07) is 0. The summed E-state index contributed by atoms with van der Waals surface area (Å²) in [6.45, 7) is 4.45. The predicted octanol–water partition coefficient (Wildman–Crippen LogP) is 1.91. The van der Waals surface area contributed by atoms with E-state index in [-0.39, 0.29) is 24.6 Å². The van der Waals surface area contributed by atoms with Crippen molar-refractivity contribution in [1.29, 1.82) is 0 Å². The van der Waals surface area contributed by atoms with Crippen LogP contribution < -0.4 is 5.32 Å². The van der Waals surface area contributed by atoms with Crippen molar-refractivity contribution in [3.63, 3.8) is 0 Å². The summed E-state index contributed by atoms with van der Waals surface area (Å²) >= 11 is 0. The number of hydrogen-bond acceptors (Lipinski definition) is 3. The Morgan fingerprint density at radius 2 is 2.12 bits per heavy atom. The number of Topliss-reactive ketones (excluding diaryl/α,β-unsaturated/α-hetero) is 1. The van der Waals surface area contributed by atoms with E-state index >= 15 is 0 Å². The molecular weight excluding hydrogens is 230 g/mol. The number of hydrogen-bond donors (Lipinski definition) is 2. The van der Waals surface area contributed by atoms with Crippen LogP contribution in [0.25, 0.3) is 0 Å². The zero-order chi connectivity index (χ0) is 11.7. The van der Waals surface area contributed by atoms with E-state index in [2.05, 4.69) is 18.3 Å². The Morgan fingerprint density at radius 1 is 1.50 bits per heavy atom. The van der Waals surface area contributed by atoms with Crippen molar-refractivity contribution < 1.29 is 14.7 Å². The lowest BCUT2D eigenvalue weighted by Crippen LogP contribution is -2.11. The molecule has 0 amide bonds. The molecule has 0 fully saturated rings. The van der Waals surface area contributed by atoms with Crippen LogP contribution in [-0.4, -0.2) is 23.4 Å². The van der Waals surface area contributed by atoms with Crippen LogP contribution in [-0.2, 0) is 9.59 Å². The van der Waals surface area contributed by atoms with Gasteiger partial charge in [-0.2, -0.15) is 0 Å². The molecule has 92 valence electrons. The van der Waals surface area contributed by atoms with Crippen LogP contribution in [0.4, 0.5) is 0 Å². The number of ketones is 1. The van der Waals surface area contributed by atoms with Crippen molar-refractivity contribution in [3.05, 3.63) is 23.9 Å². The molecule has 4 nitrogen and oxygen atoms in total. The van der Waals surface area contributed by atoms with Crippen molar-refractivity contribution in [2.45, 2.75) is 26.7 Å². The van der Waals surface area contributed by atoms with Crippen molar-refractivity contribution >= 4 is 24.2 Å². The van der Waals surface area contributed by atoms with E-state index in [0.29, 0.717) is 0 Å². The fraction of sp³-hybridized carbons (Fsp3) is 0.455. The lowest BCUT2D eigenvalue weighted by molar-refractivity contribution is -0.139. The molecule has 1 aliphatic rings. The number of dihydropyridines is 1. The average Bonchev–Trinajstić information content (AvgIpc) is 2.18. The number of nitrogens with one attached hydrogen (secondary N) is 1. The van der Waals surface area contributed by atoms with Gasteiger partial charge in [0.2, 0.25) is 0 Å². The molecule has 0 aromatic rings. The van der Waals surface area contributed by atoms with Gasteiger partial charge < -0.3 is 10.4 Å². The van der Waals surface area contributed by atoms with Crippen molar-refractivity contribution in [2.24, 2.45) is 0 Å². The highest BCUT2D eigenvalue weighted by Crippen LogP contribution is 2.01. The number of carboxylic acids is 1. The maximum atomic E-state index is 9.87. The molecule has 2 N–H and O–H groups in total. The highest BCUT2D eigenvalue weighted by molar-refractivity contribution is 5.93. The summed E-state index contributed by atoms with van der Waals surface area (Å²) in [4.78, 5) is 19.5. The second-order valence-electron chi connectivity index (χ2n) is 3.19.